The first-order valence-corrected chi connectivity index (χ1v) is 14.0. The minimum Gasteiger partial charge on any atom is -0.499 e. The molecule has 0 aliphatic heterocycles. The maximum Gasteiger partial charge on any atom is 0.425 e. The Labute approximate surface area is 215 Å². The van der Waals surface area contributed by atoms with Gasteiger partial charge in [0, 0.05) is 34.4 Å². The Bertz CT molecular complexity index is 631. The van der Waals surface area contributed by atoms with Crippen LogP contribution >= 0.6 is 7.92 Å². The van der Waals surface area contributed by atoms with Crippen LogP contribution in [0.2, 0.25) is 0 Å². The van der Waals surface area contributed by atoms with Crippen LogP contribution in [0.5, 0.6) is 0 Å². The fourth-order valence-electron chi connectivity index (χ4n) is 5.55. The number of rotatable bonds is 5. The zero-order valence-electron chi connectivity index (χ0n) is 20.8. The van der Waals surface area contributed by atoms with Crippen LogP contribution in [0.4, 0.5) is 13.2 Å². The zero-order valence-corrected chi connectivity index (χ0v) is 24.1. The molecule has 2 saturated carbocycles. The van der Waals surface area contributed by atoms with Gasteiger partial charge in [0.2, 0.25) is 0 Å². The van der Waals surface area contributed by atoms with Gasteiger partial charge in [-0.25, -0.2) is 0 Å². The molecule has 5 atom stereocenters. The number of fused-ring (bicyclic) bond motifs is 5. The van der Waals surface area contributed by atoms with E-state index in [0.717, 1.165) is 40.6 Å². The van der Waals surface area contributed by atoms with E-state index >= 15 is 0 Å². The Morgan fingerprint density at radius 2 is 1.39 bits per heavy atom. The van der Waals surface area contributed by atoms with Gasteiger partial charge in [-0.1, -0.05) is 24.9 Å². The second kappa shape index (κ2) is 17.6. The van der Waals surface area contributed by atoms with Gasteiger partial charge in [0.25, 0.3) is 0 Å². The number of halogens is 3. The van der Waals surface area contributed by atoms with Crippen LogP contribution in [0, 0.1) is 42.8 Å². The molecule has 0 radical (unpaired) electrons. The van der Waals surface area contributed by atoms with E-state index in [9.17, 15) is 13.2 Å². The molecule has 0 aromatic rings. The van der Waals surface area contributed by atoms with Crippen LogP contribution in [0.25, 0.3) is 0 Å². The molecular weight excluding hydrogens is 567 g/mol. The van der Waals surface area contributed by atoms with Gasteiger partial charge < -0.3 is 24.0 Å². The predicted molar refractivity (Wildman–Crippen MR) is 125 cm³/mol. The van der Waals surface area contributed by atoms with E-state index in [2.05, 4.69) is 74.0 Å². The molecule has 10 heteroatoms. The van der Waals surface area contributed by atoms with Crippen LogP contribution in [-0.4, -0.2) is 41.8 Å². The first-order chi connectivity index (χ1) is 14.7. The second-order valence-corrected chi connectivity index (χ2v) is 14.5. The van der Waals surface area contributed by atoms with Gasteiger partial charge in [-0.2, -0.15) is 11.8 Å². The number of allylic oxidation sites excluding steroid dienone is 2. The van der Waals surface area contributed by atoms with Gasteiger partial charge in [-0.05, 0) is 61.3 Å². The molecule has 2 bridgehead atoms. The number of hydrogen-bond acceptors (Lipinski definition) is 4. The van der Waals surface area contributed by atoms with Crippen LogP contribution < -0.4 is 0 Å². The van der Waals surface area contributed by atoms with Crippen molar-refractivity contribution in [2.75, 3.05) is 0 Å². The van der Waals surface area contributed by atoms with Crippen molar-refractivity contribution < 1.29 is 51.0 Å². The topological polar surface area (TPSA) is 60.4 Å². The molecule has 0 saturated heterocycles. The van der Waals surface area contributed by atoms with E-state index in [1.165, 1.54) is 12.8 Å². The summed E-state index contributed by atoms with van der Waals surface area (Å²) < 4.78 is 60.0. The van der Waals surface area contributed by atoms with Gasteiger partial charge in [-0.15, -0.1) is 12.6 Å². The van der Waals surface area contributed by atoms with E-state index in [0.29, 0.717) is 12.2 Å². The van der Waals surface area contributed by atoms with Crippen molar-refractivity contribution >= 4 is 18.5 Å². The quantitative estimate of drug-likeness (QED) is 0.207. The van der Waals surface area contributed by atoms with Crippen molar-refractivity contribution in [1.82, 2.24) is 0 Å². The largest absolute Gasteiger partial charge is 0.499 e. The molecule has 0 N–H and O–H groups in total. The Morgan fingerprint density at radius 3 is 1.73 bits per heavy atom. The summed E-state index contributed by atoms with van der Waals surface area (Å²) in [6.45, 7) is 15.4. The molecule has 0 heterocycles. The zero-order chi connectivity index (χ0) is 25.2. The molecule has 33 heavy (non-hydrogen) atoms. The van der Waals surface area contributed by atoms with E-state index in [4.69, 9.17) is 17.4 Å². The third kappa shape index (κ3) is 13.8. The Kier molecular flexibility index (Phi) is 18.9. The third-order valence-corrected chi connectivity index (χ3v) is 10.0. The van der Waals surface area contributed by atoms with E-state index in [-0.39, 0.29) is 28.3 Å². The summed E-state index contributed by atoms with van der Waals surface area (Å²) in [5.74, 6) is 3.16. The molecule has 0 spiro atoms. The van der Waals surface area contributed by atoms with Crippen LogP contribution in [-0.2, 0) is 35.8 Å². The van der Waals surface area contributed by atoms with Crippen molar-refractivity contribution in [1.29, 1.82) is 0 Å². The summed E-state index contributed by atoms with van der Waals surface area (Å²) in [5.41, 5.74) is 2.81. The van der Waals surface area contributed by atoms with E-state index in [1.807, 2.05) is 0 Å². The maximum atomic E-state index is 9.58. The average molecular weight is 607 g/mol. The number of ether oxygens (including phenoxy) is 1. The van der Waals surface area contributed by atoms with Crippen molar-refractivity contribution in [2.24, 2.45) is 23.7 Å². The van der Waals surface area contributed by atoms with Gasteiger partial charge in [0.05, 0.1) is 17.0 Å². The second-order valence-electron chi connectivity index (χ2n) is 9.58. The molecule has 200 valence electrons. The molecule has 3 aliphatic rings. The Morgan fingerprint density at radius 1 is 0.970 bits per heavy atom. The van der Waals surface area contributed by atoms with Gasteiger partial charge >= 0.3 is 10.6 Å². The van der Waals surface area contributed by atoms with Gasteiger partial charge in [0.15, 0.2) is 6.68 Å². The fraction of sp³-hybridized carbons (Fsp3) is 0.826. The summed E-state index contributed by atoms with van der Waals surface area (Å²) in [7, 11) is -3.21. The minimum atomic E-state index is -3.11. The summed E-state index contributed by atoms with van der Waals surface area (Å²) in [6, 6.07) is 0. The van der Waals surface area contributed by atoms with Crippen LogP contribution in [0.1, 0.15) is 68.2 Å². The average Bonchev–Trinajstić information content (AvgIpc) is 3.24. The molecule has 2 fully saturated rings. The Balaban J connectivity index is 0. The van der Waals surface area contributed by atoms with Crippen molar-refractivity contribution in [3.63, 3.8) is 0 Å². The molecule has 4 nitrogen and oxygen atoms in total. The molecule has 3 rings (SSSR count). The maximum absolute atomic E-state index is 9.58. The molecular formula is C23H40F3O4PPdS-2. The molecule has 0 amide bonds. The normalized spacial score (nSPS) is 26.5. The third-order valence-electron chi connectivity index (χ3n) is 6.01. The van der Waals surface area contributed by atoms with Crippen molar-refractivity contribution in [2.45, 2.75) is 97.4 Å². The smallest absolute Gasteiger partial charge is 0.425 e. The molecule has 3 aliphatic carbocycles. The number of hydrogen-bond donors (Lipinski definition) is 0. The van der Waals surface area contributed by atoms with Gasteiger partial charge in [0.1, 0.15) is 0 Å². The van der Waals surface area contributed by atoms with Crippen LogP contribution in [0.15, 0.2) is 6.08 Å². The van der Waals surface area contributed by atoms with Crippen molar-refractivity contribution in [3.8, 4) is 0 Å². The molecule has 0 aromatic carbocycles. The summed E-state index contributed by atoms with van der Waals surface area (Å²) in [4.78, 5) is 0. The van der Waals surface area contributed by atoms with Crippen LogP contribution in [0.3, 0.4) is 0 Å². The van der Waals surface area contributed by atoms with Gasteiger partial charge in [-0.3, -0.25) is 12.5 Å². The summed E-state index contributed by atoms with van der Waals surface area (Å²) in [5, 5.41) is 0. The summed E-state index contributed by atoms with van der Waals surface area (Å²) >= 11 is 0. The van der Waals surface area contributed by atoms with Crippen molar-refractivity contribution in [3.05, 3.63) is 25.3 Å². The van der Waals surface area contributed by atoms with E-state index in [1.54, 1.807) is 0 Å². The summed E-state index contributed by atoms with van der Waals surface area (Å²) in [6.07, 6.45) is 11.6. The first-order valence-electron chi connectivity index (χ1n) is 11.2. The first kappa shape index (κ1) is 35.4. The fourth-order valence-corrected chi connectivity index (χ4v) is 9.55. The Hall–Kier alpha value is 0.202. The standard InChI is InChI=1S/C13H18O.C9H21P.CF3.O3S.Pd/c1-8(2)14-13-7-9-6-12(13)11-5-3-4-10(9)11;1-7(2)10(8(3)4)9(5)6;2-1(3)4;1-4(2)3;/h3,7-13H,5-6H2,1-2H3;7-9H,1-6H3;;;/q-2;;-1;;/p+1. The monoisotopic (exact) mass is 606 g/mol. The minimum absolute atomic E-state index is 0. The predicted octanol–water partition coefficient (Wildman–Crippen LogP) is 6.39. The molecule has 5 unspecified atom stereocenters. The SMILES string of the molecule is CC(C)OC1[CH-]C2CC1C1CC=[C-]C21.CC(C)[PH+](C(C)C)C(C)C.F[C-](F)F.O=S(=O)=O.[Pd]. The van der Waals surface area contributed by atoms with E-state index < -0.39 is 17.3 Å². The molecule has 0 aromatic heterocycles.